The number of nitrogens with zero attached hydrogens (tertiary/aromatic N) is 3. The topological polar surface area (TPSA) is 107 Å². The van der Waals surface area contributed by atoms with E-state index in [-0.39, 0.29) is 18.7 Å². The fourth-order valence-corrected chi connectivity index (χ4v) is 2.13. The van der Waals surface area contributed by atoms with Crippen LogP contribution < -0.4 is 0 Å². The highest BCUT2D eigenvalue weighted by Gasteiger charge is 2.26. The number of carbonyl (C=O) groups is 1. The Balaban J connectivity index is 3.11. The molecule has 0 radical (unpaired) electrons. The largest absolute Gasteiger partial charge is 0.481 e. The molecular formula is C14H17N3O4. The fourth-order valence-electron chi connectivity index (χ4n) is 2.13. The molecule has 0 aliphatic heterocycles. The highest BCUT2D eigenvalue weighted by atomic mass is 16.6. The van der Waals surface area contributed by atoms with Gasteiger partial charge in [-0.15, -0.1) is 0 Å². The van der Waals surface area contributed by atoms with Crippen LogP contribution in [0, 0.1) is 21.4 Å². The summed E-state index contributed by atoms with van der Waals surface area (Å²) in [5, 5.41) is 29.2. The van der Waals surface area contributed by atoms with Gasteiger partial charge in [-0.1, -0.05) is 19.1 Å². The van der Waals surface area contributed by atoms with E-state index in [1.807, 2.05) is 6.92 Å². The van der Waals surface area contributed by atoms with Crippen LogP contribution in [0.25, 0.3) is 0 Å². The molecule has 0 heterocycles. The standard InChI is InChI=1S/C14H17N3O4/c1-2-8-16(9-7-14(18)19)13(10-15)11-5-3-4-6-12(11)17(20)21/h3-6,13H,2,7-9H2,1H3,(H,18,19). The Morgan fingerprint density at radius 3 is 2.67 bits per heavy atom. The van der Waals surface area contributed by atoms with E-state index in [0.717, 1.165) is 6.42 Å². The number of rotatable bonds is 8. The van der Waals surface area contributed by atoms with Crippen LogP contribution in [0.15, 0.2) is 24.3 Å². The highest BCUT2D eigenvalue weighted by molar-refractivity contribution is 5.66. The van der Waals surface area contributed by atoms with Crippen LogP contribution in [-0.2, 0) is 4.79 Å². The number of nitro benzene ring substituents is 1. The van der Waals surface area contributed by atoms with Gasteiger partial charge < -0.3 is 5.11 Å². The maximum atomic E-state index is 11.1. The number of hydrogen-bond donors (Lipinski definition) is 1. The fraction of sp³-hybridized carbons (Fsp3) is 0.429. The van der Waals surface area contributed by atoms with Crippen LogP contribution in [-0.4, -0.2) is 34.0 Å². The van der Waals surface area contributed by atoms with Crippen LogP contribution in [0.5, 0.6) is 0 Å². The first-order chi connectivity index (χ1) is 10.0. The maximum absolute atomic E-state index is 11.1. The summed E-state index contributed by atoms with van der Waals surface area (Å²) in [5.74, 6) is -0.963. The summed E-state index contributed by atoms with van der Waals surface area (Å²) in [4.78, 5) is 22.9. The molecule has 7 nitrogen and oxygen atoms in total. The molecule has 0 aliphatic rings. The molecule has 0 saturated carbocycles. The summed E-state index contributed by atoms with van der Waals surface area (Å²) >= 11 is 0. The smallest absolute Gasteiger partial charge is 0.304 e. The van der Waals surface area contributed by atoms with Crippen molar-refractivity contribution >= 4 is 11.7 Å². The molecule has 21 heavy (non-hydrogen) atoms. The van der Waals surface area contributed by atoms with Gasteiger partial charge >= 0.3 is 5.97 Å². The molecule has 0 saturated heterocycles. The van der Waals surface area contributed by atoms with Gasteiger partial charge in [0.05, 0.1) is 23.0 Å². The first-order valence-corrected chi connectivity index (χ1v) is 6.60. The molecule has 1 rings (SSSR count). The van der Waals surface area contributed by atoms with E-state index in [1.165, 1.54) is 18.2 Å². The van der Waals surface area contributed by atoms with Crippen LogP contribution in [0.3, 0.4) is 0 Å². The van der Waals surface area contributed by atoms with Gasteiger partial charge in [-0.05, 0) is 19.0 Å². The molecule has 1 unspecified atom stereocenters. The Bertz CT molecular complexity index is 553. The minimum Gasteiger partial charge on any atom is -0.481 e. The Kier molecular flexibility index (Phi) is 6.30. The van der Waals surface area contributed by atoms with Gasteiger partial charge in [-0.3, -0.25) is 19.8 Å². The SMILES string of the molecule is CCCN(CCC(=O)O)C(C#N)c1ccccc1[N+](=O)[O-]. The zero-order chi connectivity index (χ0) is 15.8. The van der Waals surface area contributed by atoms with Crippen molar-refractivity contribution in [2.24, 2.45) is 0 Å². The third kappa shape index (κ3) is 4.54. The Hall–Kier alpha value is -2.46. The second kappa shape index (κ2) is 7.97. The molecule has 0 aliphatic carbocycles. The molecule has 1 aromatic rings. The van der Waals surface area contributed by atoms with Gasteiger partial charge in [-0.2, -0.15) is 5.26 Å². The quantitative estimate of drug-likeness (QED) is 0.581. The number of carboxylic acids is 1. The lowest BCUT2D eigenvalue weighted by Crippen LogP contribution is -2.31. The molecule has 1 aromatic carbocycles. The molecule has 0 bridgehead atoms. The number of nitriles is 1. The van der Waals surface area contributed by atoms with Crippen molar-refractivity contribution in [3.8, 4) is 6.07 Å². The summed E-state index contributed by atoms with van der Waals surface area (Å²) < 4.78 is 0. The van der Waals surface area contributed by atoms with E-state index in [9.17, 15) is 20.2 Å². The molecular weight excluding hydrogens is 274 g/mol. The summed E-state index contributed by atoms with van der Waals surface area (Å²) in [6.45, 7) is 2.58. The third-order valence-electron chi connectivity index (χ3n) is 3.04. The van der Waals surface area contributed by atoms with Crippen molar-refractivity contribution in [2.75, 3.05) is 13.1 Å². The van der Waals surface area contributed by atoms with Gasteiger partial charge in [0, 0.05) is 12.6 Å². The molecule has 1 N–H and O–H groups in total. The Morgan fingerprint density at radius 1 is 1.48 bits per heavy atom. The van der Waals surface area contributed by atoms with E-state index in [0.29, 0.717) is 12.1 Å². The van der Waals surface area contributed by atoms with Gasteiger partial charge in [0.2, 0.25) is 0 Å². The van der Waals surface area contributed by atoms with Gasteiger partial charge in [0.15, 0.2) is 0 Å². The van der Waals surface area contributed by atoms with Gasteiger partial charge in [0.1, 0.15) is 6.04 Å². The number of aliphatic carboxylic acids is 1. The van der Waals surface area contributed by atoms with Crippen molar-refractivity contribution in [3.05, 3.63) is 39.9 Å². The second-order valence-electron chi connectivity index (χ2n) is 4.53. The summed E-state index contributed by atoms with van der Waals surface area (Å²) in [6, 6.07) is 7.28. The zero-order valence-corrected chi connectivity index (χ0v) is 11.7. The summed E-state index contributed by atoms with van der Waals surface area (Å²) in [7, 11) is 0. The van der Waals surface area contributed by atoms with Crippen molar-refractivity contribution in [1.82, 2.24) is 4.90 Å². The molecule has 112 valence electrons. The van der Waals surface area contributed by atoms with Crippen molar-refractivity contribution in [3.63, 3.8) is 0 Å². The molecule has 0 fully saturated rings. The normalized spacial score (nSPS) is 11.9. The average Bonchev–Trinajstić information content (AvgIpc) is 2.45. The summed E-state index contributed by atoms with van der Waals surface area (Å²) in [6.07, 6.45) is 0.608. The molecule has 0 aromatic heterocycles. The third-order valence-corrected chi connectivity index (χ3v) is 3.04. The number of nitro groups is 1. The van der Waals surface area contributed by atoms with E-state index in [4.69, 9.17) is 5.11 Å². The Morgan fingerprint density at radius 2 is 2.14 bits per heavy atom. The van der Waals surface area contributed by atoms with Crippen LogP contribution in [0.1, 0.15) is 31.4 Å². The first-order valence-electron chi connectivity index (χ1n) is 6.60. The lowest BCUT2D eigenvalue weighted by molar-refractivity contribution is -0.385. The lowest BCUT2D eigenvalue weighted by Gasteiger charge is -2.26. The van der Waals surface area contributed by atoms with Gasteiger partial charge in [0.25, 0.3) is 5.69 Å². The predicted octanol–water partition coefficient (Wildman–Crippen LogP) is 2.35. The monoisotopic (exact) mass is 291 g/mol. The zero-order valence-electron chi connectivity index (χ0n) is 11.7. The summed E-state index contributed by atoms with van der Waals surface area (Å²) in [5.41, 5.74) is 0.171. The van der Waals surface area contributed by atoms with E-state index < -0.39 is 16.9 Å². The lowest BCUT2D eigenvalue weighted by atomic mass is 10.0. The predicted molar refractivity (Wildman–Crippen MR) is 75.6 cm³/mol. The first kappa shape index (κ1) is 16.6. The number of benzene rings is 1. The van der Waals surface area contributed by atoms with Crippen LogP contribution >= 0.6 is 0 Å². The van der Waals surface area contributed by atoms with Crippen molar-refractivity contribution in [1.29, 1.82) is 5.26 Å². The van der Waals surface area contributed by atoms with E-state index >= 15 is 0 Å². The van der Waals surface area contributed by atoms with Crippen molar-refractivity contribution in [2.45, 2.75) is 25.8 Å². The molecule has 1 atom stereocenters. The minimum atomic E-state index is -0.963. The van der Waals surface area contributed by atoms with E-state index in [2.05, 4.69) is 6.07 Å². The van der Waals surface area contributed by atoms with E-state index in [1.54, 1.807) is 11.0 Å². The maximum Gasteiger partial charge on any atom is 0.304 e. The second-order valence-corrected chi connectivity index (χ2v) is 4.53. The number of hydrogen-bond acceptors (Lipinski definition) is 5. The number of carboxylic acid groups (broad SMARTS) is 1. The molecule has 7 heteroatoms. The number of para-hydroxylation sites is 1. The van der Waals surface area contributed by atoms with Crippen LogP contribution in [0.2, 0.25) is 0 Å². The Labute approximate surface area is 122 Å². The molecule has 0 spiro atoms. The van der Waals surface area contributed by atoms with Crippen LogP contribution in [0.4, 0.5) is 5.69 Å². The highest BCUT2D eigenvalue weighted by Crippen LogP contribution is 2.29. The van der Waals surface area contributed by atoms with Crippen molar-refractivity contribution < 1.29 is 14.8 Å². The minimum absolute atomic E-state index is 0.112. The van der Waals surface area contributed by atoms with Gasteiger partial charge in [-0.25, -0.2) is 0 Å². The molecule has 0 amide bonds. The average molecular weight is 291 g/mol.